The molecule has 0 radical (unpaired) electrons. The summed E-state index contributed by atoms with van der Waals surface area (Å²) in [5.74, 6) is 0. The zero-order chi connectivity index (χ0) is 16.4. The van der Waals surface area contributed by atoms with Crippen LogP contribution in [0.4, 0.5) is 5.13 Å². The van der Waals surface area contributed by atoms with E-state index >= 15 is 0 Å². The zero-order valence-corrected chi connectivity index (χ0v) is 15.2. The molecule has 4 nitrogen and oxygen atoms in total. The van der Waals surface area contributed by atoms with Gasteiger partial charge in [0.15, 0.2) is 0 Å². The maximum atomic E-state index is 6.10. The number of aromatic nitrogens is 2. The van der Waals surface area contributed by atoms with Crippen LogP contribution in [0.25, 0.3) is 0 Å². The lowest BCUT2D eigenvalue weighted by Crippen LogP contribution is -2.42. The highest BCUT2D eigenvalue weighted by Crippen LogP contribution is 2.40. The summed E-state index contributed by atoms with van der Waals surface area (Å²) in [5.41, 5.74) is 1.34. The van der Waals surface area contributed by atoms with Crippen LogP contribution in [0.5, 0.6) is 0 Å². The van der Waals surface area contributed by atoms with Crippen LogP contribution >= 0.6 is 22.9 Å². The van der Waals surface area contributed by atoms with Crippen molar-refractivity contribution in [2.75, 3.05) is 11.9 Å². The molecule has 1 aromatic heterocycles. The van der Waals surface area contributed by atoms with Crippen molar-refractivity contribution in [1.29, 1.82) is 0 Å². The van der Waals surface area contributed by atoms with E-state index in [0.29, 0.717) is 6.04 Å². The van der Waals surface area contributed by atoms with Crippen molar-refractivity contribution in [3.05, 3.63) is 39.9 Å². The molecule has 1 aliphatic carbocycles. The van der Waals surface area contributed by atoms with Crippen LogP contribution in [0.1, 0.15) is 49.1 Å². The Morgan fingerprint density at radius 2 is 2.00 bits per heavy atom. The Morgan fingerprint density at radius 1 is 1.21 bits per heavy atom. The lowest BCUT2D eigenvalue weighted by molar-refractivity contribution is -0.0767. The van der Waals surface area contributed by atoms with Gasteiger partial charge in [-0.2, -0.15) is 0 Å². The van der Waals surface area contributed by atoms with Gasteiger partial charge < -0.3 is 10.1 Å². The zero-order valence-electron chi connectivity index (χ0n) is 13.6. The smallest absolute Gasteiger partial charge is 0.205 e. The minimum absolute atomic E-state index is 0.132. The van der Waals surface area contributed by atoms with Crippen LogP contribution in [0, 0.1) is 0 Å². The summed E-state index contributed by atoms with van der Waals surface area (Å²) in [6.07, 6.45) is 7.97. The highest BCUT2D eigenvalue weighted by Gasteiger charge is 2.40. The molecule has 1 aliphatic heterocycles. The van der Waals surface area contributed by atoms with Gasteiger partial charge in [0.05, 0.1) is 5.60 Å². The van der Waals surface area contributed by atoms with Crippen molar-refractivity contribution in [1.82, 2.24) is 10.2 Å². The fourth-order valence-corrected chi connectivity index (χ4v) is 4.83. The molecule has 2 aromatic rings. The number of halogens is 1. The van der Waals surface area contributed by atoms with E-state index in [2.05, 4.69) is 15.5 Å². The first kappa shape index (κ1) is 16.3. The topological polar surface area (TPSA) is 47.0 Å². The Kier molecular flexibility index (Phi) is 4.74. The second kappa shape index (κ2) is 6.98. The van der Waals surface area contributed by atoms with Gasteiger partial charge in [0.1, 0.15) is 5.01 Å². The van der Waals surface area contributed by atoms with Crippen molar-refractivity contribution in [2.45, 2.75) is 56.6 Å². The molecule has 0 amide bonds. The fourth-order valence-electron chi connectivity index (χ4n) is 3.85. The summed E-state index contributed by atoms with van der Waals surface area (Å²) < 4.78 is 6.10. The minimum Gasteiger partial charge on any atom is -0.375 e. The highest BCUT2D eigenvalue weighted by atomic mass is 35.5. The molecule has 128 valence electrons. The van der Waals surface area contributed by atoms with E-state index in [1.165, 1.54) is 31.2 Å². The first-order chi connectivity index (χ1) is 11.7. The van der Waals surface area contributed by atoms with Gasteiger partial charge >= 0.3 is 0 Å². The van der Waals surface area contributed by atoms with E-state index < -0.39 is 0 Å². The lowest BCUT2D eigenvalue weighted by atomic mass is 9.89. The summed E-state index contributed by atoms with van der Waals surface area (Å²) in [5, 5.41) is 15.0. The standard InChI is InChI=1S/C18H22ClN3OS/c19-14-5-3-13(4-6-14)11-16-21-22-17(24-16)20-15-7-10-23-18(12-15)8-1-2-9-18/h3-6,15H,1-2,7-12H2,(H,20,22). The molecule has 4 rings (SSSR count). The summed E-state index contributed by atoms with van der Waals surface area (Å²) in [7, 11) is 0. The van der Waals surface area contributed by atoms with Gasteiger partial charge in [0, 0.05) is 24.1 Å². The average molecular weight is 364 g/mol. The first-order valence-corrected chi connectivity index (χ1v) is 9.88. The molecule has 1 N–H and O–H groups in total. The van der Waals surface area contributed by atoms with Gasteiger partial charge in [-0.25, -0.2) is 0 Å². The number of benzene rings is 1. The van der Waals surface area contributed by atoms with Crippen LogP contribution in [0.15, 0.2) is 24.3 Å². The van der Waals surface area contributed by atoms with Crippen molar-refractivity contribution < 1.29 is 4.74 Å². The number of nitrogens with zero attached hydrogens (tertiary/aromatic N) is 2. The van der Waals surface area contributed by atoms with Crippen LogP contribution in [-0.2, 0) is 11.2 Å². The van der Waals surface area contributed by atoms with Crippen molar-refractivity contribution in [3.8, 4) is 0 Å². The molecule has 2 fully saturated rings. The molecule has 1 atom stereocenters. The Balaban J connectivity index is 1.37. The van der Waals surface area contributed by atoms with E-state index in [1.54, 1.807) is 11.3 Å². The van der Waals surface area contributed by atoms with Crippen LogP contribution in [-0.4, -0.2) is 28.4 Å². The molecule has 2 aliphatic rings. The fraction of sp³-hybridized carbons (Fsp3) is 0.556. The Morgan fingerprint density at radius 3 is 2.79 bits per heavy atom. The Labute approximate surface area is 151 Å². The summed E-state index contributed by atoms with van der Waals surface area (Å²) in [6.45, 7) is 0.855. The maximum Gasteiger partial charge on any atom is 0.205 e. The number of anilines is 1. The Hall–Kier alpha value is -1.17. The lowest BCUT2D eigenvalue weighted by Gasteiger charge is -2.38. The van der Waals surface area contributed by atoms with Crippen molar-refractivity contribution >= 4 is 28.1 Å². The molecule has 24 heavy (non-hydrogen) atoms. The highest BCUT2D eigenvalue weighted by molar-refractivity contribution is 7.15. The summed E-state index contributed by atoms with van der Waals surface area (Å²) in [6, 6.07) is 8.37. The summed E-state index contributed by atoms with van der Waals surface area (Å²) >= 11 is 7.58. The molecule has 1 unspecified atom stereocenters. The quantitative estimate of drug-likeness (QED) is 0.856. The maximum absolute atomic E-state index is 6.10. The largest absolute Gasteiger partial charge is 0.375 e. The molecule has 0 bridgehead atoms. The number of hydrogen-bond acceptors (Lipinski definition) is 5. The number of rotatable bonds is 4. The first-order valence-electron chi connectivity index (χ1n) is 8.68. The van der Waals surface area contributed by atoms with E-state index in [0.717, 1.165) is 41.0 Å². The van der Waals surface area contributed by atoms with Gasteiger partial charge in [-0.05, 0) is 43.4 Å². The normalized spacial score (nSPS) is 22.8. The van der Waals surface area contributed by atoms with Crippen LogP contribution in [0.2, 0.25) is 5.02 Å². The predicted molar refractivity (Wildman–Crippen MR) is 98.0 cm³/mol. The number of nitrogens with one attached hydrogen (secondary N) is 1. The molecule has 1 aromatic carbocycles. The van der Waals surface area contributed by atoms with Gasteiger partial charge in [0.25, 0.3) is 0 Å². The molecular weight excluding hydrogens is 342 g/mol. The molecule has 6 heteroatoms. The molecule has 1 saturated heterocycles. The third kappa shape index (κ3) is 3.73. The van der Waals surface area contributed by atoms with Crippen molar-refractivity contribution in [3.63, 3.8) is 0 Å². The van der Waals surface area contributed by atoms with Crippen LogP contribution < -0.4 is 5.32 Å². The monoisotopic (exact) mass is 363 g/mol. The second-order valence-electron chi connectivity index (χ2n) is 6.88. The van der Waals surface area contributed by atoms with Crippen LogP contribution in [0.3, 0.4) is 0 Å². The Bertz CT molecular complexity index is 682. The molecule has 2 heterocycles. The van der Waals surface area contributed by atoms with Crippen molar-refractivity contribution in [2.24, 2.45) is 0 Å². The number of ether oxygens (including phenoxy) is 1. The predicted octanol–water partition coefficient (Wildman–Crippen LogP) is 4.69. The van der Waals surface area contributed by atoms with Gasteiger partial charge in [-0.1, -0.05) is 47.9 Å². The van der Waals surface area contributed by atoms with E-state index in [9.17, 15) is 0 Å². The molecule has 1 spiro atoms. The van der Waals surface area contributed by atoms with Gasteiger partial charge in [0.2, 0.25) is 5.13 Å². The second-order valence-corrected chi connectivity index (χ2v) is 8.38. The SMILES string of the molecule is Clc1ccc(Cc2nnc(NC3CCOC4(CCCC4)C3)s2)cc1. The third-order valence-corrected chi connectivity index (χ3v) is 6.18. The number of hydrogen-bond donors (Lipinski definition) is 1. The molecule has 1 saturated carbocycles. The minimum atomic E-state index is 0.132. The van der Waals surface area contributed by atoms with E-state index in [1.807, 2.05) is 24.3 Å². The summed E-state index contributed by atoms with van der Waals surface area (Å²) in [4.78, 5) is 0. The van der Waals surface area contributed by atoms with E-state index in [-0.39, 0.29) is 5.60 Å². The van der Waals surface area contributed by atoms with E-state index in [4.69, 9.17) is 16.3 Å². The van der Waals surface area contributed by atoms with Gasteiger partial charge in [-0.3, -0.25) is 0 Å². The van der Waals surface area contributed by atoms with Gasteiger partial charge in [-0.15, -0.1) is 10.2 Å². The molecular formula is C18H22ClN3OS. The third-order valence-electron chi connectivity index (χ3n) is 5.07. The average Bonchev–Trinajstić information content (AvgIpc) is 3.20.